The summed E-state index contributed by atoms with van der Waals surface area (Å²) >= 11 is 0. The van der Waals surface area contributed by atoms with E-state index in [0.29, 0.717) is 18.2 Å². The van der Waals surface area contributed by atoms with Gasteiger partial charge in [0.05, 0.1) is 35.4 Å². The van der Waals surface area contributed by atoms with Gasteiger partial charge in [-0.2, -0.15) is 35.1 Å². The van der Waals surface area contributed by atoms with Crippen LogP contribution in [0.5, 0.6) is 11.5 Å². The van der Waals surface area contributed by atoms with E-state index in [1.165, 1.54) is 29.8 Å². The van der Waals surface area contributed by atoms with E-state index in [4.69, 9.17) is 0 Å². The molecule has 398 valence electrons. The van der Waals surface area contributed by atoms with Gasteiger partial charge in [-0.25, -0.2) is 55.6 Å². The number of benzene rings is 6. The van der Waals surface area contributed by atoms with E-state index < -0.39 is 148 Å². The van der Waals surface area contributed by atoms with Crippen LogP contribution < -0.4 is 14.8 Å². The molecule has 0 saturated heterocycles. The molecule has 0 aliphatic carbocycles. The maximum Gasteiger partial charge on any atom is 0.511 e. The Kier molecular flexibility index (Phi) is 17.1. The Labute approximate surface area is 415 Å². The van der Waals surface area contributed by atoms with Crippen LogP contribution in [-0.2, 0) is 54.2 Å². The molecule has 0 unspecified atom stereocenters. The molecule has 6 rings (SSSR count). The first-order valence-electron chi connectivity index (χ1n) is 20.1. The van der Waals surface area contributed by atoms with Crippen LogP contribution in [0.1, 0.15) is 37.1 Å². The number of sulfonamides is 1. The lowest BCUT2D eigenvalue weighted by molar-refractivity contribution is -0.174. The first-order chi connectivity index (χ1) is 34.0. The summed E-state index contributed by atoms with van der Waals surface area (Å²) in [4.78, 5) is 4.73. The van der Waals surface area contributed by atoms with Crippen molar-refractivity contribution in [3.8, 4) is 11.5 Å². The van der Waals surface area contributed by atoms with Gasteiger partial charge in [0.15, 0.2) is 0 Å². The van der Waals surface area contributed by atoms with Crippen LogP contribution in [0.3, 0.4) is 0 Å². The fourth-order valence-electron chi connectivity index (χ4n) is 6.44. The zero-order valence-corrected chi connectivity index (χ0v) is 41.2. The second-order valence-electron chi connectivity index (χ2n) is 15.1. The van der Waals surface area contributed by atoms with Gasteiger partial charge in [0.25, 0.3) is 0 Å². The SMILES string of the molecule is C[C@H](NC(=O)C(F)(F)F)c1ccc(S(=O)(=O)c2ccc(O)cc2S(=O)(=O)c2ccccc2F)cc1.C[C@H](NS(=O)(=O)C(F)(F)F)c1ccc(S(=O)(=O)c2ccc(OC(F)F)cc2S(=O)(=O)c2ccccc2F)cc1. The Morgan fingerprint density at radius 1 is 0.514 bits per heavy atom. The first-order valence-corrected chi connectivity index (χ1v) is 27.5. The predicted octanol–water partition coefficient (Wildman–Crippen LogP) is 8.53. The number of hydrogen-bond acceptors (Lipinski definition) is 13. The summed E-state index contributed by atoms with van der Waals surface area (Å²) in [5.41, 5.74) is -5.53. The smallest absolute Gasteiger partial charge is 0.508 e. The Morgan fingerprint density at radius 2 is 0.919 bits per heavy atom. The Balaban J connectivity index is 0.000000276. The largest absolute Gasteiger partial charge is 0.511 e. The Bertz CT molecular complexity index is 3660. The molecule has 6 aromatic carbocycles. The average Bonchev–Trinajstić information content (AvgIpc) is 3.30. The van der Waals surface area contributed by atoms with Gasteiger partial charge in [0, 0.05) is 18.2 Å². The van der Waals surface area contributed by atoms with Gasteiger partial charge >= 0.3 is 34.2 Å². The third-order valence-electron chi connectivity index (χ3n) is 10.1. The fraction of sp³-hybridized carbons (Fsp3) is 0.159. The quantitative estimate of drug-likeness (QED) is 0.0818. The molecule has 0 aliphatic rings. The maximum atomic E-state index is 14.3. The standard InChI is InChI=1S/C22H17F6NO7S3.C22H17F4NO6S2/c1-13(29-39(34,35)22(26,27)28)14-6-9-16(10-7-14)37(30,31)19-11-8-15(36-21(24)25)12-20(19)38(32,33)18-5-3-2-4-17(18)23;1-13(27-21(29)22(24,25)26)14-6-9-16(10-7-14)34(30,31)19-11-8-15(28)12-20(19)35(32,33)18-5-3-2-4-17(18)23/h2-13,21,29H,1H3;2-13,28H,1H3,(H,27,29)/t2*13-/m00/s1. The van der Waals surface area contributed by atoms with Crippen molar-refractivity contribution in [2.24, 2.45) is 0 Å². The van der Waals surface area contributed by atoms with E-state index in [2.05, 4.69) is 4.74 Å². The minimum Gasteiger partial charge on any atom is -0.508 e. The number of ether oxygens (including phenoxy) is 1. The van der Waals surface area contributed by atoms with Crippen molar-refractivity contribution in [3.63, 3.8) is 0 Å². The van der Waals surface area contributed by atoms with Gasteiger partial charge < -0.3 is 15.2 Å². The highest BCUT2D eigenvalue weighted by atomic mass is 32.2. The first kappa shape index (κ1) is 58.3. The van der Waals surface area contributed by atoms with Crippen LogP contribution in [-0.4, -0.2) is 71.4 Å². The summed E-state index contributed by atoms with van der Waals surface area (Å²) in [6, 6.07) is 18.1. The molecular formula is C44H34F10N2O13S5. The average molecular weight is 1150 g/mol. The number of hydrogen-bond donors (Lipinski definition) is 3. The lowest BCUT2D eigenvalue weighted by Gasteiger charge is -2.17. The molecule has 0 fully saturated rings. The second-order valence-corrected chi connectivity index (χ2v) is 24.4. The monoisotopic (exact) mass is 1150 g/mol. The predicted molar refractivity (Wildman–Crippen MR) is 238 cm³/mol. The normalized spacial score (nSPS) is 13.6. The number of phenols is 1. The van der Waals surface area contributed by atoms with Crippen LogP contribution >= 0.6 is 0 Å². The van der Waals surface area contributed by atoms with E-state index in [1.54, 1.807) is 5.32 Å². The number of halogens is 10. The van der Waals surface area contributed by atoms with Crippen LogP contribution in [0.15, 0.2) is 173 Å². The summed E-state index contributed by atoms with van der Waals surface area (Å²) in [6.45, 7) is -1.08. The lowest BCUT2D eigenvalue weighted by Crippen LogP contribution is -2.38. The zero-order valence-electron chi connectivity index (χ0n) is 37.1. The molecule has 30 heteroatoms. The van der Waals surface area contributed by atoms with Gasteiger partial charge in [0.1, 0.15) is 32.9 Å². The number of nitrogens with one attached hydrogen (secondary N) is 2. The molecule has 0 spiro atoms. The van der Waals surface area contributed by atoms with Crippen LogP contribution in [0, 0.1) is 11.6 Å². The van der Waals surface area contributed by atoms with Crippen molar-refractivity contribution in [1.29, 1.82) is 0 Å². The van der Waals surface area contributed by atoms with Gasteiger partial charge in [-0.15, -0.1) is 0 Å². The number of carbonyl (C=O) groups is 1. The molecule has 0 bridgehead atoms. The number of rotatable bonds is 15. The van der Waals surface area contributed by atoms with E-state index in [1.807, 2.05) is 0 Å². The van der Waals surface area contributed by atoms with Crippen molar-refractivity contribution in [2.75, 3.05) is 0 Å². The number of aromatic hydroxyl groups is 1. The van der Waals surface area contributed by atoms with Crippen LogP contribution in [0.2, 0.25) is 0 Å². The van der Waals surface area contributed by atoms with E-state index >= 15 is 0 Å². The Morgan fingerprint density at radius 3 is 1.32 bits per heavy atom. The minimum absolute atomic E-state index is 0.0818. The number of amides is 1. The van der Waals surface area contributed by atoms with Gasteiger partial charge in [-0.1, -0.05) is 48.5 Å². The van der Waals surface area contributed by atoms with E-state index in [-0.39, 0.29) is 11.1 Å². The molecule has 0 aliphatic heterocycles. The topological polar surface area (TPSA) is 241 Å². The van der Waals surface area contributed by atoms with Crippen molar-refractivity contribution in [1.82, 2.24) is 10.0 Å². The highest BCUT2D eigenvalue weighted by molar-refractivity contribution is 7.95. The maximum absolute atomic E-state index is 14.3. The molecular weight excluding hydrogens is 1110 g/mol. The molecule has 0 radical (unpaired) electrons. The van der Waals surface area contributed by atoms with Gasteiger partial charge in [-0.05, 0) is 97.8 Å². The highest BCUT2D eigenvalue weighted by Gasteiger charge is 2.46. The second kappa shape index (κ2) is 21.7. The molecule has 0 heterocycles. The summed E-state index contributed by atoms with van der Waals surface area (Å²) in [5.74, 6) is -5.86. The summed E-state index contributed by atoms with van der Waals surface area (Å²) in [5, 5.41) is 11.5. The Hall–Kier alpha value is -6.60. The zero-order chi connectivity index (χ0) is 55.6. The van der Waals surface area contributed by atoms with E-state index in [0.717, 1.165) is 104 Å². The fourth-order valence-corrected chi connectivity index (χ4v) is 14.0. The van der Waals surface area contributed by atoms with E-state index in [9.17, 15) is 95.9 Å². The number of carbonyl (C=O) groups excluding carboxylic acids is 1. The lowest BCUT2D eigenvalue weighted by atomic mass is 10.1. The minimum atomic E-state index is -5.72. The van der Waals surface area contributed by atoms with Gasteiger partial charge in [-0.3, -0.25) is 4.79 Å². The third-order valence-corrected chi connectivity index (χ3v) is 18.9. The van der Waals surface area contributed by atoms with Crippen LogP contribution in [0.25, 0.3) is 0 Å². The molecule has 74 heavy (non-hydrogen) atoms. The molecule has 1 amide bonds. The third kappa shape index (κ3) is 12.8. The summed E-state index contributed by atoms with van der Waals surface area (Å²) < 4.78 is 264. The number of alkyl halides is 8. The summed E-state index contributed by atoms with van der Waals surface area (Å²) in [7, 11) is -24.8. The molecule has 3 N–H and O–H groups in total. The van der Waals surface area contributed by atoms with Crippen LogP contribution in [0.4, 0.5) is 43.9 Å². The van der Waals surface area contributed by atoms with Crippen molar-refractivity contribution >= 4 is 55.3 Å². The molecule has 2 atom stereocenters. The molecule has 0 saturated carbocycles. The molecule has 15 nitrogen and oxygen atoms in total. The highest BCUT2D eigenvalue weighted by Crippen LogP contribution is 2.37. The van der Waals surface area contributed by atoms with Crippen molar-refractivity contribution in [2.45, 2.75) is 83.4 Å². The summed E-state index contributed by atoms with van der Waals surface area (Å²) in [6.07, 6.45) is -5.10. The van der Waals surface area contributed by atoms with Gasteiger partial charge in [0.2, 0.25) is 39.3 Å². The van der Waals surface area contributed by atoms with Crippen molar-refractivity contribution in [3.05, 3.63) is 156 Å². The number of phenolic OH excluding ortho intramolecular Hbond substituents is 1. The molecule has 6 aromatic rings. The molecule has 0 aromatic heterocycles. The van der Waals surface area contributed by atoms with Crippen molar-refractivity contribution < 1.29 is 101 Å². The number of sulfone groups is 4.